The van der Waals surface area contributed by atoms with Gasteiger partial charge in [-0.15, -0.1) is 0 Å². The molecule has 0 fully saturated rings. The number of ether oxygens (including phenoxy) is 1. The van der Waals surface area contributed by atoms with Crippen LogP contribution in [0.3, 0.4) is 0 Å². The number of nitrogens with zero attached hydrogens (tertiary/aromatic N) is 3. The van der Waals surface area contributed by atoms with Crippen molar-refractivity contribution in [3.8, 4) is 17.0 Å². The minimum absolute atomic E-state index is 0.202. The van der Waals surface area contributed by atoms with Crippen LogP contribution in [0.2, 0.25) is 0 Å². The molecule has 0 saturated heterocycles. The van der Waals surface area contributed by atoms with E-state index in [1.165, 1.54) is 0 Å². The van der Waals surface area contributed by atoms with E-state index in [0.29, 0.717) is 6.54 Å². The molecule has 0 amide bonds. The largest absolute Gasteiger partial charge is 0.496 e. The second-order valence-corrected chi connectivity index (χ2v) is 6.26. The van der Waals surface area contributed by atoms with Gasteiger partial charge in [0, 0.05) is 47.2 Å². The smallest absolute Gasteiger partial charge is 0.129 e. The molecular weight excluding hydrogens is 326 g/mol. The van der Waals surface area contributed by atoms with Crippen LogP contribution >= 0.6 is 0 Å². The van der Waals surface area contributed by atoms with E-state index in [0.717, 1.165) is 39.8 Å². The van der Waals surface area contributed by atoms with Crippen LogP contribution in [0.25, 0.3) is 11.3 Å². The lowest BCUT2D eigenvalue weighted by Crippen LogP contribution is -2.12. The number of methoxy groups -OCH3 is 1. The van der Waals surface area contributed by atoms with Gasteiger partial charge in [-0.3, -0.25) is 4.98 Å². The van der Waals surface area contributed by atoms with Gasteiger partial charge in [-0.25, -0.2) is 9.97 Å². The van der Waals surface area contributed by atoms with Crippen molar-refractivity contribution >= 4 is 11.5 Å². The quantitative estimate of drug-likeness (QED) is 0.661. The zero-order valence-electron chi connectivity index (χ0n) is 15.2. The van der Waals surface area contributed by atoms with Gasteiger partial charge in [-0.2, -0.15) is 0 Å². The third-order valence-corrected chi connectivity index (χ3v) is 4.25. The summed E-state index contributed by atoms with van der Waals surface area (Å²) in [7, 11) is 1.67. The highest BCUT2D eigenvalue weighted by molar-refractivity contribution is 5.61. The highest BCUT2D eigenvalue weighted by Gasteiger charge is 2.12. The number of aromatic nitrogens is 3. The van der Waals surface area contributed by atoms with E-state index >= 15 is 0 Å². The minimum atomic E-state index is 0.202. The Morgan fingerprint density at radius 3 is 2.69 bits per heavy atom. The fourth-order valence-electron chi connectivity index (χ4n) is 2.74. The van der Waals surface area contributed by atoms with E-state index in [-0.39, 0.29) is 5.92 Å². The van der Waals surface area contributed by atoms with Gasteiger partial charge < -0.3 is 15.8 Å². The number of pyridine rings is 1. The lowest BCUT2D eigenvalue weighted by molar-refractivity contribution is 0.407. The third kappa shape index (κ3) is 4.08. The van der Waals surface area contributed by atoms with Crippen molar-refractivity contribution in [2.45, 2.75) is 19.8 Å². The molecule has 0 radical (unpaired) electrons. The molecule has 0 spiro atoms. The molecular formula is C20H23N5O. The Hall–Kier alpha value is -3.15. The predicted octanol–water partition coefficient (Wildman–Crippen LogP) is 3.65. The normalized spacial score (nSPS) is 11.8. The second-order valence-electron chi connectivity index (χ2n) is 6.26. The highest BCUT2D eigenvalue weighted by atomic mass is 16.5. The van der Waals surface area contributed by atoms with Gasteiger partial charge in [0.05, 0.1) is 12.8 Å². The highest BCUT2D eigenvalue weighted by Crippen LogP contribution is 2.29. The van der Waals surface area contributed by atoms with E-state index in [4.69, 9.17) is 10.5 Å². The molecule has 0 saturated carbocycles. The third-order valence-electron chi connectivity index (χ3n) is 4.25. The summed E-state index contributed by atoms with van der Waals surface area (Å²) in [6, 6.07) is 11.6. The molecule has 0 aliphatic heterocycles. The van der Waals surface area contributed by atoms with Crippen LogP contribution in [0.4, 0.5) is 11.5 Å². The first-order valence-corrected chi connectivity index (χ1v) is 8.49. The Kier molecular flexibility index (Phi) is 5.31. The molecule has 2 heterocycles. The number of anilines is 2. The molecule has 0 aliphatic carbocycles. The maximum Gasteiger partial charge on any atom is 0.129 e. The van der Waals surface area contributed by atoms with Crippen molar-refractivity contribution in [3.63, 3.8) is 0 Å². The van der Waals surface area contributed by atoms with Gasteiger partial charge in [-0.1, -0.05) is 6.92 Å². The van der Waals surface area contributed by atoms with Crippen molar-refractivity contribution in [3.05, 3.63) is 60.2 Å². The van der Waals surface area contributed by atoms with Crippen molar-refractivity contribution in [1.29, 1.82) is 0 Å². The number of hydrogen-bond acceptors (Lipinski definition) is 6. The molecule has 134 valence electrons. The molecule has 6 nitrogen and oxygen atoms in total. The van der Waals surface area contributed by atoms with E-state index in [9.17, 15) is 0 Å². The van der Waals surface area contributed by atoms with Gasteiger partial charge >= 0.3 is 0 Å². The van der Waals surface area contributed by atoms with E-state index in [1.54, 1.807) is 13.4 Å². The fraction of sp³-hybridized carbons (Fsp3) is 0.250. The average Bonchev–Trinajstić information content (AvgIpc) is 2.67. The van der Waals surface area contributed by atoms with Gasteiger partial charge in [-0.05, 0) is 37.3 Å². The number of rotatable bonds is 6. The lowest BCUT2D eigenvalue weighted by atomic mass is 9.99. The van der Waals surface area contributed by atoms with E-state index in [2.05, 4.69) is 27.2 Å². The first kappa shape index (κ1) is 17.7. The maximum atomic E-state index is 5.92. The molecule has 0 aliphatic rings. The van der Waals surface area contributed by atoms with Crippen molar-refractivity contribution in [2.24, 2.45) is 0 Å². The topological polar surface area (TPSA) is 86.0 Å². The van der Waals surface area contributed by atoms with Crippen LogP contribution in [0.15, 0.2) is 48.9 Å². The first-order chi connectivity index (χ1) is 12.6. The zero-order chi connectivity index (χ0) is 18.5. The predicted molar refractivity (Wildman–Crippen MR) is 104 cm³/mol. The van der Waals surface area contributed by atoms with Crippen LogP contribution < -0.4 is 15.8 Å². The summed E-state index contributed by atoms with van der Waals surface area (Å²) in [5.74, 6) is 1.81. The standard InChI is InChI=1S/C20H23N5O/c1-13(17-8-16(21)6-7-19(17)26-3)10-23-20-9-18(24-12-25-20)15-5-4-14(2)22-11-15/h4-9,11-13H,10,21H2,1-3H3,(H,23,24,25). The molecule has 3 rings (SSSR count). The number of nitrogen functional groups attached to an aromatic ring is 1. The van der Waals surface area contributed by atoms with Crippen molar-refractivity contribution in [2.75, 3.05) is 24.7 Å². The van der Waals surface area contributed by atoms with E-state index in [1.807, 2.05) is 49.5 Å². The Labute approximate surface area is 153 Å². The summed E-state index contributed by atoms with van der Waals surface area (Å²) in [6.45, 7) is 4.78. The maximum absolute atomic E-state index is 5.92. The summed E-state index contributed by atoms with van der Waals surface area (Å²) in [4.78, 5) is 13.0. The molecule has 0 bridgehead atoms. The zero-order valence-corrected chi connectivity index (χ0v) is 15.2. The van der Waals surface area contributed by atoms with Crippen LogP contribution in [0.1, 0.15) is 24.1 Å². The van der Waals surface area contributed by atoms with Crippen molar-refractivity contribution in [1.82, 2.24) is 15.0 Å². The van der Waals surface area contributed by atoms with E-state index < -0.39 is 0 Å². The molecule has 3 N–H and O–H groups in total. The number of hydrogen-bond donors (Lipinski definition) is 2. The fourth-order valence-corrected chi connectivity index (χ4v) is 2.74. The van der Waals surface area contributed by atoms with Gasteiger partial charge in [0.15, 0.2) is 0 Å². The van der Waals surface area contributed by atoms with Gasteiger partial charge in [0.25, 0.3) is 0 Å². The molecule has 6 heteroatoms. The molecule has 2 aromatic heterocycles. The Bertz CT molecular complexity index is 880. The summed E-state index contributed by atoms with van der Waals surface area (Å²) in [5, 5.41) is 3.37. The first-order valence-electron chi connectivity index (χ1n) is 8.49. The number of nitrogens with two attached hydrogens (primary N) is 1. The number of benzene rings is 1. The Balaban J connectivity index is 1.73. The van der Waals surface area contributed by atoms with Crippen LogP contribution in [-0.4, -0.2) is 28.6 Å². The SMILES string of the molecule is COc1ccc(N)cc1C(C)CNc1cc(-c2ccc(C)nc2)ncn1. The molecule has 1 atom stereocenters. The molecule has 1 unspecified atom stereocenters. The van der Waals surface area contributed by atoms with Gasteiger partial charge in [0.2, 0.25) is 0 Å². The lowest BCUT2D eigenvalue weighted by Gasteiger charge is -2.17. The second kappa shape index (κ2) is 7.82. The summed E-state index contributed by atoms with van der Waals surface area (Å²) in [5.41, 5.74) is 10.5. The minimum Gasteiger partial charge on any atom is -0.496 e. The Morgan fingerprint density at radius 1 is 1.12 bits per heavy atom. The van der Waals surface area contributed by atoms with Crippen molar-refractivity contribution < 1.29 is 4.74 Å². The average molecular weight is 349 g/mol. The van der Waals surface area contributed by atoms with Crippen LogP contribution in [0.5, 0.6) is 5.75 Å². The summed E-state index contributed by atoms with van der Waals surface area (Å²) in [6.07, 6.45) is 3.38. The number of aryl methyl sites for hydroxylation is 1. The monoisotopic (exact) mass is 349 g/mol. The Morgan fingerprint density at radius 2 is 1.96 bits per heavy atom. The number of nitrogens with one attached hydrogen (secondary N) is 1. The summed E-state index contributed by atoms with van der Waals surface area (Å²) < 4.78 is 5.44. The van der Waals surface area contributed by atoms with Crippen LogP contribution in [0, 0.1) is 6.92 Å². The van der Waals surface area contributed by atoms with Gasteiger partial charge in [0.1, 0.15) is 17.9 Å². The molecule has 3 aromatic rings. The molecule has 1 aromatic carbocycles. The molecule has 26 heavy (non-hydrogen) atoms. The van der Waals surface area contributed by atoms with Crippen LogP contribution in [-0.2, 0) is 0 Å². The summed E-state index contributed by atoms with van der Waals surface area (Å²) >= 11 is 0.